The molecule has 0 radical (unpaired) electrons. The molecule has 0 aliphatic rings. The zero-order valence-corrected chi connectivity index (χ0v) is 13.7. The number of nitrogens with zero attached hydrogens (tertiary/aromatic N) is 1. The van der Waals surface area contributed by atoms with Gasteiger partial charge in [-0.1, -0.05) is 36.4 Å². The van der Waals surface area contributed by atoms with E-state index in [2.05, 4.69) is 0 Å². The molecule has 2 nitrogen and oxygen atoms in total. The Labute approximate surface area is 139 Å². The van der Waals surface area contributed by atoms with Crippen molar-refractivity contribution in [2.75, 3.05) is 6.54 Å². The Kier molecular flexibility index (Phi) is 5.65. The van der Waals surface area contributed by atoms with Crippen LogP contribution in [0.25, 0.3) is 0 Å². The van der Waals surface area contributed by atoms with Gasteiger partial charge < -0.3 is 4.90 Å². The van der Waals surface area contributed by atoms with Gasteiger partial charge in [0.1, 0.15) is 0 Å². The van der Waals surface area contributed by atoms with Gasteiger partial charge in [0.2, 0.25) is 0 Å². The van der Waals surface area contributed by atoms with E-state index >= 15 is 0 Å². The normalized spacial score (nSPS) is 12.7. The Hall–Kier alpha value is -2.30. The Morgan fingerprint density at radius 1 is 1.08 bits per heavy atom. The highest BCUT2D eigenvalue weighted by atomic mass is 19.4. The van der Waals surface area contributed by atoms with E-state index in [1.807, 2.05) is 19.9 Å². The molecular formula is C19H20F3NO. The minimum atomic E-state index is -4.36. The van der Waals surface area contributed by atoms with Crippen molar-refractivity contribution in [3.63, 3.8) is 0 Å². The standard InChI is InChI=1S/C19H20F3NO/c1-3-23(18(24)16-9-5-4-6-10-16)14(2)12-15-8-7-11-17(13-15)19(20,21)22/h4-11,13-14H,3,12H2,1-2H3/t14-/m0/s1. The topological polar surface area (TPSA) is 20.3 Å². The average molecular weight is 335 g/mol. The molecule has 0 spiro atoms. The van der Waals surface area contributed by atoms with Crippen molar-refractivity contribution in [3.8, 4) is 0 Å². The zero-order valence-electron chi connectivity index (χ0n) is 13.7. The Balaban J connectivity index is 2.15. The highest BCUT2D eigenvalue weighted by Crippen LogP contribution is 2.30. The number of alkyl halides is 3. The van der Waals surface area contributed by atoms with Crippen molar-refractivity contribution in [1.82, 2.24) is 4.90 Å². The molecular weight excluding hydrogens is 315 g/mol. The van der Waals surface area contributed by atoms with Crippen LogP contribution in [0.3, 0.4) is 0 Å². The molecule has 2 rings (SSSR count). The lowest BCUT2D eigenvalue weighted by atomic mass is 10.0. The summed E-state index contributed by atoms with van der Waals surface area (Å²) in [6.45, 7) is 4.21. The minimum Gasteiger partial charge on any atom is -0.336 e. The molecule has 0 aliphatic carbocycles. The summed E-state index contributed by atoms with van der Waals surface area (Å²) in [5.74, 6) is -0.113. The van der Waals surface area contributed by atoms with Crippen LogP contribution in [-0.2, 0) is 12.6 Å². The van der Waals surface area contributed by atoms with Crippen LogP contribution in [0, 0.1) is 0 Å². The van der Waals surface area contributed by atoms with Gasteiger partial charge in [0.25, 0.3) is 5.91 Å². The van der Waals surface area contributed by atoms with Gasteiger partial charge >= 0.3 is 6.18 Å². The Bertz CT molecular complexity index is 683. The van der Waals surface area contributed by atoms with Gasteiger partial charge in [0, 0.05) is 18.2 Å². The number of rotatable bonds is 5. The number of hydrogen-bond acceptors (Lipinski definition) is 1. The zero-order chi connectivity index (χ0) is 17.7. The predicted octanol–water partition coefficient (Wildman–Crippen LogP) is 4.80. The van der Waals surface area contributed by atoms with Crippen LogP contribution in [0.4, 0.5) is 13.2 Å². The van der Waals surface area contributed by atoms with Crippen molar-refractivity contribution in [2.45, 2.75) is 32.5 Å². The SMILES string of the molecule is CCN(C(=O)c1ccccc1)[C@@H](C)Cc1cccc(C(F)(F)F)c1. The highest BCUT2D eigenvalue weighted by molar-refractivity contribution is 5.94. The molecule has 0 saturated heterocycles. The summed E-state index contributed by atoms with van der Waals surface area (Å²) in [7, 11) is 0. The maximum atomic E-state index is 12.8. The van der Waals surface area contributed by atoms with E-state index in [4.69, 9.17) is 0 Å². The Morgan fingerprint density at radius 3 is 2.33 bits per heavy atom. The van der Waals surface area contributed by atoms with E-state index in [1.54, 1.807) is 35.2 Å². The molecule has 0 N–H and O–H groups in total. The summed E-state index contributed by atoms with van der Waals surface area (Å²) >= 11 is 0. The summed E-state index contributed by atoms with van der Waals surface area (Å²) in [6.07, 6.45) is -3.99. The molecule has 0 aromatic heterocycles. The van der Waals surface area contributed by atoms with Gasteiger partial charge in [-0.25, -0.2) is 0 Å². The fraction of sp³-hybridized carbons (Fsp3) is 0.316. The molecule has 0 unspecified atom stereocenters. The van der Waals surface area contributed by atoms with Crippen LogP contribution < -0.4 is 0 Å². The van der Waals surface area contributed by atoms with E-state index < -0.39 is 11.7 Å². The smallest absolute Gasteiger partial charge is 0.336 e. The van der Waals surface area contributed by atoms with Gasteiger partial charge in [-0.15, -0.1) is 0 Å². The van der Waals surface area contributed by atoms with E-state index in [0.29, 0.717) is 24.1 Å². The molecule has 1 atom stereocenters. The number of benzene rings is 2. The van der Waals surface area contributed by atoms with Crippen LogP contribution in [0.1, 0.15) is 35.3 Å². The van der Waals surface area contributed by atoms with Crippen LogP contribution in [-0.4, -0.2) is 23.4 Å². The third-order valence-corrected chi connectivity index (χ3v) is 3.94. The van der Waals surface area contributed by atoms with Crippen LogP contribution in [0.15, 0.2) is 54.6 Å². The summed E-state index contributed by atoms with van der Waals surface area (Å²) in [5.41, 5.74) is 0.483. The third kappa shape index (κ3) is 4.37. The van der Waals surface area contributed by atoms with E-state index in [0.717, 1.165) is 12.1 Å². The van der Waals surface area contributed by atoms with Crippen molar-refractivity contribution in [1.29, 1.82) is 0 Å². The summed E-state index contributed by atoms with van der Waals surface area (Å²) < 4.78 is 38.4. The number of amides is 1. The largest absolute Gasteiger partial charge is 0.416 e. The van der Waals surface area contributed by atoms with Crippen molar-refractivity contribution < 1.29 is 18.0 Å². The quantitative estimate of drug-likeness (QED) is 0.769. The first-order chi connectivity index (χ1) is 11.3. The van der Waals surface area contributed by atoms with E-state index in [9.17, 15) is 18.0 Å². The van der Waals surface area contributed by atoms with Gasteiger partial charge in [-0.3, -0.25) is 4.79 Å². The Morgan fingerprint density at radius 2 is 1.75 bits per heavy atom. The van der Waals surface area contributed by atoms with E-state index in [-0.39, 0.29) is 11.9 Å². The van der Waals surface area contributed by atoms with E-state index in [1.165, 1.54) is 6.07 Å². The van der Waals surface area contributed by atoms with Crippen molar-refractivity contribution in [3.05, 3.63) is 71.3 Å². The molecule has 0 heterocycles. The fourth-order valence-corrected chi connectivity index (χ4v) is 2.73. The summed E-state index contributed by atoms with van der Waals surface area (Å²) in [6, 6.07) is 14.0. The predicted molar refractivity (Wildman–Crippen MR) is 87.8 cm³/mol. The van der Waals surface area contributed by atoms with Gasteiger partial charge in [-0.2, -0.15) is 13.2 Å². The molecule has 0 fully saturated rings. The van der Waals surface area contributed by atoms with Gasteiger partial charge in [0.05, 0.1) is 5.56 Å². The lowest BCUT2D eigenvalue weighted by Gasteiger charge is -2.28. The second-order valence-corrected chi connectivity index (χ2v) is 5.71. The summed E-state index contributed by atoms with van der Waals surface area (Å²) in [5, 5.41) is 0. The molecule has 0 bridgehead atoms. The third-order valence-electron chi connectivity index (χ3n) is 3.94. The number of halogens is 3. The number of carbonyl (C=O) groups is 1. The number of carbonyl (C=O) groups excluding carboxylic acids is 1. The summed E-state index contributed by atoms with van der Waals surface area (Å²) in [4.78, 5) is 14.3. The molecule has 5 heteroatoms. The van der Waals surface area contributed by atoms with Crippen molar-refractivity contribution >= 4 is 5.91 Å². The van der Waals surface area contributed by atoms with Crippen molar-refractivity contribution in [2.24, 2.45) is 0 Å². The monoisotopic (exact) mass is 335 g/mol. The molecule has 2 aromatic rings. The van der Waals surface area contributed by atoms with Crippen LogP contribution >= 0.6 is 0 Å². The average Bonchev–Trinajstić information content (AvgIpc) is 2.55. The first-order valence-corrected chi connectivity index (χ1v) is 7.85. The lowest BCUT2D eigenvalue weighted by molar-refractivity contribution is -0.137. The number of likely N-dealkylation sites (N-methyl/N-ethyl adjacent to an activating group) is 1. The van der Waals surface area contributed by atoms with Crippen LogP contribution in [0.2, 0.25) is 0 Å². The minimum absolute atomic E-state index is 0.113. The maximum Gasteiger partial charge on any atom is 0.416 e. The van der Waals surface area contributed by atoms with Gasteiger partial charge in [-0.05, 0) is 44.0 Å². The highest BCUT2D eigenvalue weighted by Gasteiger charge is 2.30. The fourth-order valence-electron chi connectivity index (χ4n) is 2.73. The maximum absolute atomic E-state index is 12.8. The molecule has 2 aromatic carbocycles. The second-order valence-electron chi connectivity index (χ2n) is 5.71. The van der Waals surface area contributed by atoms with Crippen LogP contribution in [0.5, 0.6) is 0 Å². The molecule has 0 saturated carbocycles. The first-order valence-electron chi connectivity index (χ1n) is 7.85. The molecule has 128 valence electrons. The molecule has 24 heavy (non-hydrogen) atoms. The second kappa shape index (κ2) is 7.51. The molecule has 1 amide bonds. The molecule has 0 aliphatic heterocycles. The lowest BCUT2D eigenvalue weighted by Crippen LogP contribution is -2.39. The van der Waals surface area contributed by atoms with Gasteiger partial charge in [0.15, 0.2) is 0 Å². The first kappa shape index (κ1) is 18.0. The number of hydrogen-bond donors (Lipinski definition) is 0.